The normalized spacial score (nSPS) is 30.5. The lowest BCUT2D eigenvalue weighted by Gasteiger charge is -2.05. The third kappa shape index (κ3) is 1.51. The first-order valence-corrected chi connectivity index (χ1v) is 5.40. The molecule has 3 rings (SSSR count). The van der Waals surface area contributed by atoms with Gasteiger partial charge in [-0.15, -0.1) is 0 Å². The first kappa shape index (κ1) is 9.54. The van der Waals surface area contributed by atoms with Crippen LogP contribution in [0.25, 0.3) is 0 Å². The topological polar surface area (TPSA) is 47.7 Å². The molecular formula is C12H12N2O2. The van der Waals surface area contributed by atoms with Crippen LogP contribution in [0.4, 0.5) is 0 Å². The molecule has 4 nitrogen and oxygen atoms in total. The van der Waals surface area contributed by atoms with Gasteiger partial charge < -0.3 is 9.84 Å². The van der Waals surface area contributed by atoms with Gasteiger partial charge in [-0.3, -0.25) is 0 Å². The summed E-state index contributed by atoms with van der Waals surface area (Å²) in [4.78, 5) is 0. The number of ether oxygens (including phenoxy) is 1. The molecular weight excluding hydrogens is 204 g/mol. The molecule has 16 heavy (non-hydrogen) atoms. The summed E-state index contributed by atoms with van der Waals surface area (Å²) in [5.41, 5.74) is 1.02. The van der Waals surface area contributed by atoms with Crippen LogP contribution < -0.4 is 5.11 Å². The van der Waals surface area contributed by atoms with E-state index in [2.05, 4.69) is 5.10 Å². The molecule has 82 valence electrons. The molecule has 0 amide bonds. The molecule has 1 saturated heterocycles. The Morgan fingerprint density at radius 2 is 2.19 bits per heavy atom. The van der Waals surface area contributed by atoms with Gasteiger partial charge >= 0.3 is 0 Å². The van der Waals surface area contributed by atoms with Crippen molar-refractivity contribution in [3.8, 4) is 0 Å². The third-order valence-electron chi connectivity index (χ3n) is 2.93. The molecule has 1 fully saturated rings. The molecule has 0 spiro atoms. The highest BCUT2D eigenvalue weighted by Crippen LogP contribution is 2.26. The Bertz CT molecular complexity index is 453. The average molecular weight is 216 g/mol. The van der Waals surface area contributed by atoms with E-state index in [0.29, 0.717) is 6.61 Å². The van der Waals surface area contributed by atoms with Gasteiger partial charge in [0, 0.05) is 11.5 Å². The smallest absolute Gasteiger partial charge is 0.295 e. The minimum atomic E-state index is -0.187. The van der Waals surface area contributed by atoms with E-state index in [0.717, 1.165) is 12.0 Å². The van der Waals surface area contributed by atoms with E-state index in [4.69, 9.17) is 4.74 Å². The lowest BCUT2D eigenvalue weighted by atomic mass is 10.1. The predicted molar refractivity (Wildman–Crippen MR) is 57.2 cm³/mol. The van der Waals surface area contributed by atoms with Crippen LogP contribution >= 0.6 is 0 Å². The molecule has 0 aliphatic carbocycles. The maximum atomic E-state index is 11.5. The van der Waals surface area contributed by atoms with Crippen LogP contribution in [0.5, 0.6) is 0 Å². The lowest BCUT2D eigenvalue weighted by molar-refractivity contribution is -0.603. The second-order valence-electron chi connectivity index (χ2n) is 4.01. The predicted octanol–water partition coefficient (Wildman–Crippen LogP) is 0.168. The summed E-state index contributed by atoms with van der Waals surface area (Å²) in [5.74, 6) is -0.130. The molecule has 2 heterocycles. The van der Waals surface area contributed by atoms with Gasteiger partial charge in [0.05, 0.1) is 12.5 Å². The highest BCUT2D eigenvalue weighted by Gasteiger charge is 2.43. The minimum absolute atomic E-state index is 0.0605. The first-order valence-electron chi connectivity index (χ1n) is 5.40. The molecule has 1 aromatic rings. The van der Waals surface area contributed by atoms with Crippen LogP contribution in [0.1, 0.15) is 12.0 Å². The van der Waals surface area contributed by atoms with Crippen molar-refractivity contribution in [3.63, 3.8) is 0 Å². The van der Waals surface area contributed by atoms with Gasteiger partial charge in [0.2, 0.25) is 6.21 Å². The van der Waals surface area contributed by atoms with Crippen molar-refractivity contribution in [1.29, 1.82) is 0 Å². The maximum Gasteiger partial charge on any atom is 0.295 e. The Labute approximate surface area is 93.5 Å². The Morgan fingerprint density at radius 3 is 3.00 bits per heavy atom. The average Bonchev–Trinajstić information content (AvgIpc) is 2.87. The van der Waals surface area contributed by atoms with Crippen LogP contribution in [-0.4, -0.2) is 29.6 Å². The summed E-state index contributed by atoms with van der Waals surface area (Å²) in [7, 11) is 0. The molecule has 4 heteroatoms. The molecule has 0 bridgehead atoms. The van der Waals surface area contributed by atoms with E-state index in [9.17, 15) is 5.11 Å². The molecule has 2 aliphatic rings. The number of hydrazone groups is 1. The summed E-state index contributed by atoms with van der Waals surface area (Å²) in [6.07, 6.45) is 2.45. The van der Waals surface area contributed by atoms with Gasteiger partial charge in [0.15, 0.2) is 0 Å². The lowest BCUT2D eigenvalue weighted by Crippen LogP contribution is -2.29. The molecule has 1 aromatic carbocycles. The molecule has 0 saturated carbocycles. The highest BCUT2D eigenvalue weighted by atomic mass is 16.5. The number of fused-ring (bicyclic) bond motifs is 1. The zero-order valence-corrected chi connectivity index (χ0v) is 8.74. The Hall–Kier alpha value is -1.68. The fraction of sp³-hybridized carbons (Fsp3) is 0.333. The van der Waals surface area contributed by atoms with E-state index in [1.165, 1.54) is 0 Å². The summed E-state index contributed by atoms with van der Waals surface area (Å²) in [5, 5.41) is 15.5. The molecule has 0 N–H and O–H groups in total. The highest BCUT2D eigenvalue weighted by molar-refractivity contribution is 5.79. The van der Waals surface area contributed by atoms with Crippen molar-refractivity contribution in [1.82, 2.24) is 0 Å². The monoisotopic (exact) mass is 216 g/mol. The van der Waals surface area contributed by atoms with Gasteiger partial charge in [-0.2, -0.15) is 0 Å². The molecule has 0 aromatic heterocycles. The first-order chi connectivity index (χ1) is 7.84. The number of hydrogen-bond acceptors (Lipinski definition) is 3. The Morgan fingerprint density at radius 1 is 1.38 bits per heavy atom. The minimum Gasteiger partial charge on any atom is -0.857 e. The van der Waals surface area contributed by atoms with E-state index in [1.54, 1.807) is 4.68 Å². The summed E-state index contributed by atoms with van der Waals surface area (Å²) in [6.45, 7) is 0.649. The standard InChI is InChI=1S/C12H12N2O2/c15-11-10-6-7-16-12(10)14(13-11)8-9-4-2-1-3-5-9/h1-5,8,10,12H,6-7H2. The quantitative estimate of drug-likeness (QED) is 0.628. The van der Waals surface area contributed by atoms with Crippen LogP contribution in [-0.2, 0) is 4.74 Å². The third-order valence-corrected chi connectivity index (χ3v) is 2.93. The fourth-order valence-electron chi connectivity index (χ4n) is 2.12. The van der Waals surface area contributed by atoms with Crippen molar-refractivity contribution < 1.29 is 14.5 Å². The van der Waals surface area contributed by atoms with Crippen LogP contribution in [0.15, 0.2) is 35.4 Å². The Balaban J connectivity index is 1.93. The van der Waals surface area contributed by atoms with E-state index < -0.39 is 0 Å². The van der Waals surface area contributed by atoms with Gasteiger partial charge in [-0.25, -0.2) is 0 Å². The van der Waals surface area contributed by atoms with Crippen molar-refractivity contribution in [2.24, 2.45) is 11.0 Å². The zero-order valence-electron chi connectivity index (χ0n) is 8.74. The molecule has 0 radical (unpaired) electrons. The van der Waals surface area contributed by atoms with Crippen molar-refractivity contribution >= 4 is 12.1 Å². The van der Waals surface area contributed by atoms with Gasteiger partial charge in [-0.05, 0) is 23.7 Å². The number of rotatable bonds is 1. The second kappa shape index (κ2) is 3.72. The SMILES string of the molecule is [O-]C1=N[N+](=Cc2ccccc2)C2OCCC12. The van der Waals surface area contributed by atoms with Gasteiger partial charge in [0.25, 0.3) is 6.23 Å². The molecule has 2 atom stereocenters. The zero-order chi connectivity index (χ0) is 11.0. The van der Waals surface area contributed by atoms with E-state index >= 15 is 0 Å². The number of nitrogens with zero attached hydrogens (tertiary/aromatic N) is 2. The van der Waals surface area contributed by atoms with E-state index in [-0.39, 0.29) is 18.0 Å². The van der Waals surface area contributed by atoms with Crippen LogP contribution in [0, 0.1) is 5.92 Å². The fourth-order valence-corrected chi connectivity index (χ4v) is 2.12. The maximum absolute atomic E-state index is 11.5. The number of benzene rings is 1. The van der Waals surface area contributed by atoms with Crippen molar-refractivity contribution in [3.05, 3.63) is 35.9 Å². The summed E-state index contributed by atoms with van der Waals surface area (Å²) >= 11 is 0. The summed E-state index contributed by atoms with van der Waals surface area (Å²) < 4.78 is 7.16. The van der Waals surface area contributed by atoms with E-state index in [1.807, 2.05) is 36.5 Å². The molecule has 2 unspecified atom stereocenters. The largest absolute Gasteiger partial charge is 0.857 e. The molecule has 2 aliphatic heterocycles. The van der Waals surface area contributed by atoms with Crippen LogP contribution in [0.3, 0.4) is 0 Å². The van der Waals surface area contributed by atoms with Gasteiger partial charge in [0.1, 0.15) is 0 Å². The van der Waals surface area contributed by atoms with Crippen molar-refractivity contribution in [2.45, 2.75) is 12.6 Å². The second-order valence-corrected chi connectivity index (χ2v) is 4.01. The van der Waals surface area contributed by atoms with Crippen LogP contribution in [0.2, 0.25) is 0 Å². The van der Waals surface area contributed by atoms with Gasteiger partial charge in [-0.1, -0.05) is 22.9 Å². The van der Waals surface area contributed by atoms with Crippen molar-refractivity contribution in [2.75, 3.05) is 6.61 Å². The number of hydrogen-bond donors (Lipinski definition) is 0. The summed E-state index contributed by atoms with van der Waals surface area (Å²) in [6, 6.07) is 9.82. The Kier molecular flexibility index (Phi) is 2.22.